The molecule has 0 saturated carbocycles. The van der Waals surface area contributed by atoms with Crippen LogP contribution in [0.2, 0.25) is 0 Å². The van der Waals surface area contributed by atoms with Crippen molar-refractivity contribution < 1.29 is 47.6 Å². The van der Waals surface area contributed by atoms with E-state index in [1.54, 1.807) is 18.2 Å². The number of carboxylic acids is 1. The fourth-order valence-corrected chi connectivity index (χ4v) is 3.53. The second-order valence-electron chi connectivity index (χ2n) is 5.32. The first-order chi connectivity index (χ1) is 11.3. The average molecular weight is 416 g/mol. The minimum atomic E-state index is -3.37. The largest absolute Gasteiger partial charge is 0.507 e. The predicted molar refractivity (Wildman–Crippen MR) is 88.4 cm³/mol. The van der Waals surface area contributed by atoms with Crippen molar-refractivity contribution in [2.75, 3.05) is 12.4 Å². The van der Waals surface area contributed by atoms with Crippen molar-refractivity contribution in [2.24, 2.45) is 0 Å². The molecule has 0 radical (unpaired) electrons. The van der Waals surface area contributed by atoms with E-state index in [0.717, 1.165) is 5.56 Å². The Hall–Kier alpha value is -1.92. The van der Waals surface area contributed by atoms with Crippen LogP contribution in [-0.2, 0) is 29.3 Å². The molecule has 0 bridgehead atoms. The summed E-state index contributed by atoms with van der Waals surface area (Å²) in [6.45, 7) is 1.96. The molecule has 2 rings (SSSR count). The van der Waals surface area contributed by atoms with Gasteiger partial charge in [-0.15, -0.1) is 0 Å². The second kappa shape index (κ2) is 8.97. The summed E-state index contributed by atoms with van der Waals surface area (Å²) in [5.74, 6) is -1.41. The average Bonchev–Trinajstić information content (AvgIpc) is 2.51. The molecule has 0 aliphatic rings. The van der Waals surface area contributed by atoms with Gasteiger partial charge in [-0.1, -0.05) is 12.1 Å². The number of benzene rings is 2. The first-order valence-electron chi connectivity index (χ1n) is 7.28. The Morgan fingerprint density at radius 3 is 2.48 bits per heavy atom. The summed E-state index contributed by atoms with van der Waals surface area (Å²) in [6, 6.07) is 10.6. The van der Waals surface area contributed by atoms with E-state index in [0.29, 0.717) is 0 Å². The maximum Gasteiger partial charge on any atom is 0.339 e. The van der Waals surface area contributed by atoms with Crippen LogP contribution in [0.1, 0.15) is 22.3 Å². The van der Waals surface area contributed by atoms with Crippen molar-refractivity contribution >= 4 is 15.8 Å². The Morgan fingerprint density at radius 2 is 1.88 bits per heavy atom. The molecule has 2 aromatic rings. The fraction of sp³-hybridized carbons (Fsp3) is 0.235. The molecular weight excluding hydrogens is 398 g/mol. The fourth-order valence-electron chi connectivity index (χ4n) is 2.15. The maximum absolute atomic E-state index is 12.2. The Bertz CT molecular complexity index is 848. The van der Waals surface area contributed by atoms with Gasteiger partial charge in [0.2, 0.25) is 0 Å². The van der Waals surface area contributed by atoms with E-state index in [2.05, 4.69) is 0 Å². The number of carboxylic acid groups (broad SMARTS) is 1. The first-order valence-corrected chi connectivity index (χ1v) is 8.93. The number of sulfone groups is 1. The zero-order valence-electron chi connectivity index (χ0n) is 13.8. The van der Waals surface area contributed by atoms with Crippen LogP contribution in [0.25, 0.3) is 0 Å². The van der Waals surface area contributed by atoms with Gasteiger partial charge in [-0.3, -0.25) is 0 Å². The number of hydrogen-bond acceptors (Lipinski definition) is 5. The molecule has 0 spiro atoms. The number of ether oxygens (including phenoxy) is 1. The molecule has 0 amide bonds. The number of aryl methyl sites for hydroxylation is 1. The molecule has 130 valence electrons. The smallest absolute Gasteiger partial charge is 0.339 e. The molecule has 0 aliphatic heterocycles. The minimum Gasteiger partial charge on any atom is -0.507 e. The number of carbonyl (C=O) groups is 1. The molecule has 0 unspecified atom stereocenters. The monoisotopic (exact) mass is 414 g/mol. The van der Waals surface area contributed by atoms with Crippen molar-refractivity contribution in [3.05, 3.63) is 53.6 Å². The third-order valence-corrected chi connectivity index (χ3v) is 5.17. The molecule has 0 saturated heterocycles. The summed E-state index contributed by atoms with van der Waals surface area (Å²) in [5, 5.41) is 18.4. The van der Waals surface area contributed by atoms with Crippen LogP contribution in [0, 0.1) is 6.92 Å². The van der Waals surface area contributed by atoms with Gasteiger partial charge in [0.15, 0.2) is 9.84 Å². The first kappa shape index (κ1) is 21.1. The molecule has 0 aliphatic carbocycles. The van der Waals surface area contributed by atoms with E-state index < -0.39 is 21.6 Å². The summed E-state index contributed by atoms with van der Waals surface area (Å²) >= 11 is 0. The van der Waals surface area contributed by atoms with Crippen LogP contribution in [0.4, 0.5) is 0 Å². The molecule has 0 heterocycles. The number of aromatic hydroxyl groups is 1. The molecule has 2 N–H and O–H groups in total. The van der Waals surface area contributed by atoms with Crippen molar-refractivity contribution in [3.8, 4) is 11.5 Å². The van der Waals surface area contributed by atoms with Crippen molar-refractivity contribution in [2.45, 2.75) is 18.2 Å². The van der Waals surface area contributed by atoms with E-state index >= 15 is 0 Å². The summed E-state index contributed by atoms with van der Waals surface area (Å²) in [5.41, 5.74) is 0.658. The van der Waals surface area contributed by atoms with Gasteiger partial charge < -0.3 is 14.9 Å². The van der Waals surface area contributed by atoms with Gasteiger partial charge in [-0.2, -0.15) is 0 Å². The molecule has 6 nitrogen and oxygen atoms in total. The summed E-state index contributed by atoms with van der Waals surface area (Å²) in [4.78, 5) is 11.1. The van der Waals surface area contributed by atoms with E-state index in [4.69, 9.17) is 9.84 Å². The van der Waals surface area contributed by atoms with Crippen LogP contribution in [0.15, 0.2) is 47.4 Å². The standard InChI is InChI=1S/C17H18O6S.Zn/c1-12-4-2-5-14(10-12)24(21,22)9-3-8-23-13-6-7-15(17(19)20)16(18)11-13;/h2,4-7,10-11,18H,3,8-9H2,1H3,(H,19,20);. The molecule has 8 heteroatoms. The summed E-state index contributed by atoms with van der Waals surface area (Å²) in [7, 11) is -3.37. The Labute approximate surface area is 159 Å². The number of phenols is 1. The predicted octanol–water partition coefficient (Wildman–Crippen LogP) is 2.64. The summed E-state index contributed by atoms with van der Waals surface area (Å²) < 4.78 is 29.8. The maximum atomic E-state index is 12.2. The molecule has 0 aromatic heterocycles. The second-order valence-corrected chi connectivity index (χ2v) is 7.43. The normalized spacial score (nSPS) is 10.8. The zero-order chi connectivity index (χ0) is 17.7. The van der Waals surface area contributed by atoms with Crippen LogP contribution in [0.3, 0.4) is 0 Å². The number of aromatic carboxylic acids is 1. The van der Waals surface area contributed by atoms with Gasteiger partial charge in [0, 0.05) is 25.5 Å². The van der Waals surface area contributed by atoms with E-state index in [9.17, 15) is 18.3 Å². The quantitative estimate of drug-likeness (QED) is 0.532. The van der Waals surface area contributed by atoms with Crippen LogP contribution >= 0.6 is 0 Å². The van der Waals surface area contributed by atoms with Crippen LogP contribution < -0.4 is 4.74 Å². The van der Waals surface area contributed by atoms with E-state index in [1.807, 2.05) is 13.0 Å². The van der Waals surface area contributed by atoms with Crippen molar-refractivity contribution in [1.29, 1.82) is 0 Å². The van der Waals surface area contributed by atoms with Gasteiger partial charge in [0.25, 0.3) is 0 Å². The van der Waals surface area contributed by atoms with E-state index in [1.165, 1.54) is 18.2 Å². The third-order valence-electron chi connectivity index (χ3n) is 3.37. The van der Waals surface area contributed by atoms with Crippen molar-refractivity contribution in [1.82, 2.24) is 0 Å². The molecule has 2 aromatic carbocycles. The van der Waals surface area contributed by atoms with Crippen LogP contribution in [0.5, 0.6) is 11.5 Å². The number of rotatable bonds is 7. The van der Waals surface area contributed by atoms with Gasteiger partial charge in [0.05, 0.1) is 17.3 Å². The van der Waals surface area contributed by atoms with Gasteiger partial charge in [-0.05, 0) is 43.2 Å². The van der Waals surface area contributed by atoms with E-state index in [-0.39, 0.29) is 54.5 Å². The Kier molecular flexibility index (Phi) is 7.58. The minimum absolute atomic E-state index is 0. The molecule has 25 heavy (non-hydrogen) atoms. The Balaban J connectivity index is 0.00000312. The SMILES string of the molecule is Cc1cccc(S(=O)(=O)CCCOc2ccc(C(=O)O)c(O)c2)c1.[Zn]. The third kappa shape index (κ3) is 5.83. The van der Waals surface area contributed by atoms with Gasteiger partial charge in [-0.25, -0.2) is 13.2 Å². The molecule has 0 atom stereocenters. The zero-order valence-corrected chi connectivity index (χ0v) is 17.6. The van der Waals surface area contributed by atoms with Gasteiger partial charge >= 0.3 is 5.97 Å². The van der Waals surface area contributed by atoms with Crippen molar-refractivity contribution in [3.63, 3.8) is 0 Å². The Morgan fingerprint density at radius 1 is 1.16 bits per heavy atom. The number of hydrogen-bond donors (Lipinski definition) is 2. The summed E-state index contributed by atoms with van der Waals surface area (Å²) in [6.07, 6.45) is 0.276. The van der Waals surface area contributed by atoms with Gasteiger partial charge in [0.1, 0.15) is 17.1 Å². The molecule has 0 fully saturated rings. The van der Waals surface area contributed by atoms with Crippen LogP contribution in [-0.4, -0.2) is 37.0 Å². The molecular formula is C17H18O6SZn. The topological polar surface area (TPSA) is 101 Å².